The first-order chi connectivity index (χ1) is 9.24. The second kappa shape index (κ2) is 5.08. The van der Waals surface area contributed by atoms with Crippen LogP contribution in [0.25, 0.3) is 0 Å². The first kappa shape index (κ1) is 12.9. The Balaban J connectivity index is 1.78. The second-order valence-electron chi connectivity index (χ2n) is 5.71. The van der Waals surface area contributed by atoms with Crippen LogP contribution in [0.4, 0.5) is 5.82 Å². The van der Waals surface area contributed by atoms with Crippen molar-refractivity contribution >= 4 is 23.7 Å². The van der Waals surface area contributed by atoms with E-state index in [4.69, 9.17) is 11.6 Å². The van der Waals surface area contributed by atoms with Crippen LogP contribution in [0.1, 0.15) is 48.9 Å². The molecule has 1 spiro atoms. The Morgan fingerprint density at radius 1 is 1.16 bits per heavy atom. The fourth-order valence-electron chi connectivity index (χ4n) is 3.54. The molecule has 0 atom stereocenters. The zero-order valence-corrected chi connectivity index (χ0v) is 11.7. The van der Waals surface area contributed by atoms with E-state index in [1.807, 2.05) is 0 Å². The molecule has 1 aliphatic carbocycles. The second-order valence-corrected chi connectivity index (χ2v) is 6.07. The van der Waals surface area contributed by atoms with Crippen molar-refractivity contribution in [3.63, 3.8) is 0 Å². The Bertz CT molecular complexity index is 476. The molecule has 19 heavy (non-hydrogen) atoms. The van der Waals surface area contributed by atoms with E-state index in [1.54, 1.807) is 0 Å². The first-order valence-electron chi connectivity index (χ1n) is 6.95. The van der Waals surface area contributed by atoms with Crippen LogP contribution in [0.2, 0.25) is 5.15 Å². The maximum atomic E-state index is 11.1. The molecule has 0 unspecified atom stereocenters. The quantitative estimate of drug-likeness (QED) is 0.616. The van der Waals surface area contributed by atoms with E-state index in [1.165, 1.54) is 44.9 Å². The van der Waals surface area contributed by atoms with Crippen LogP contribution in [0.15, 0.2) is 6.33 Å². The Hall–Kier alpha value is -1.16. The van der Waals surface area contributed by atoms with Crippen molar-refractivity contribution < 1.29 is 4.79 Å². The van der Waals surface area contributed by atoms with Crippen molar-refractivity contribution in [2.75, 3.05) is 18.0 Å². The highest BCUT2D eigenvalue weighted by Crippen LogP contribution is 2.46. The van der Waals surface area contributed by atoms with Gasteiger partial charge in [0.1, 0.15) is 17.3 Å². The molecular weight excluding hydrogens is 262 g/mol. The van der Waals surface area contributed by atoms with E-state index in [2.05, 4.69) is 14.9 Å². The standard InChI is InChI=1S/C14H18ClN3O/c15-12-11(9-19)13(17-10-16-12)18-7-5-14(6-8-18)3-1-2-4-14/h9-10H,1-8H2. The minimum atomic E-state index is 0.251. The summed E-state index contributed by atoms with van der Waals surface area (Å²) in [4.78, 5) is 21.5. The molecule has 1 aromatic heterocycles. The number of rotatable bonds is 2. The number of nitrogens with zero attached hydrogens (tertiary/aromatic N) is 3. The van der Waals surface area contributed by atoms with Gasteiger partial charge in [-0.05, 0) is 31.1 Å². The molecule has 2 heterocycles. The lowest BCUT2D eigenvalue weighted by Crippen LogP contribution is -2.39. The van der Waals surface area contributed by atoms with Gasteiger partial charge in [0, 0.05) is 13.1 Å². The Labute approximate surface area is 118 Å². The predicted octanol–water partition coefficient (Wildman–Crippen LogP) is 3.10. The number of carbonyl (C=O) groups is 1. The number of hydrogen-bond donors (Lipinski definition) is 0. The number of aromatic nitrogens is 2. The summed E-state index contributed by atoms with van der Waals surface area (Å²) in [6.45, 7) is 1.93. The van der Waals surface area contributed by atoms with Gasteiger partial charge in [-0.15, -0.1) is 0 Å². The average Bonchev–Trinajstić information content (AvgIpc) is 2.88. The molecule has 3 rings (SSSR count). The molecule has 1 saturated heterocycles. The van der Waals surface area contributed by atoms with Gasteiger partial charge in [0.15, 0.2) is 6.29 Å². The largest absolute Gasteiger partial charge is 0.356 e. The van der Waals surface area contributed by atoms with E-state index in [0.717, 1.165) is 19.4 Å². The first-order valence-corrected chi connectivity index (χ1v) is 7.33. The summed E-state index contributed by atoms with van der Waals surface area (Å²) in [6.07, 6.45) is 10.1. The lowest BCUT2D eigenvalue weighted by molar-refractivity contribution is 0.112. The molecule has 5 heteroatoms. The van der Waals surface area contributed by atoms with E-state index in [9.17, 15) is 4.79 Å². The number of carbonyl (C=O) groups excluding carboxylic acids is 1. The minimum absolute atomic E-state index is 0.251. The maximum absolute atomic E-state index is 11.1. The Morgan fingerprint density at radius 2 is 1.84 bits per heavy atom. The topological polar surface area (TPSA) is 46.1 Å². The van der Waals surface area contributed by atoms with Crippen LogP contribution in [-0.2, 0) is 0 Å². The average molecular weight is 280 g/mol. The molecule has 1 saturated carbocycles. The molecule has 1 aliphatic heterocycles. The van der Waals surface area contributed by atoms with Gasteiger partial charge in [0.2, 0.25) is 0 Å². The van der Waals surface area contributed by atoms with Gasteiger partial charge in [-0.2, -0.15) is 0 Å². The van der Waals surface area contributed by atoms with Gasteiger partial charge < -0.3 is 4.90 Å². The summed E-state index contributed by atoms with van der Waals surface area (Å²) in [6, 6.07) is 0. The van der Waals surface area contributed by atoms with Crippen LogP contribution in [0.5, 0.6) is 0 Å². The third kappa shape index (κ3) is 2.34. The Kier molecular flexibility index (Phi) is 3.44. The number of anilines is 1. The molecular formula is C14H18ClN3O. The van der Waals surface area contributed by atoms with Gasteiger partial charge in [0.05, 0.1) is 5.56 Å². The maximum Gasteiger partial charge on any atom is 0.156 e. The molecule has 0 bridgehead atoms. The molecule has 2 fully saturated rings. The van der Waals surface area contributed by atoms with Crippen molar-refractivity contribution in [1.29, 1.82) is 0 Å². The molecule has 102 valence electrons. The molecule has 0 aromatic carbocycles. The van der Waals surface area contributed by atoms with Crippen molar-refractivity contribution in [1.82, 2.24) is 9.97 Å². The summed E-state index contributed by atoms with van der Waals surface area (Å²) in [7, 11) is 0. The number of hydrogen-bond acceptors (Lipinski definition) is 4. The third-order valence-electron chi connectivity index (χ3n) is 4.72. The highest BCUT2D eigenvalue weighted by molar-refractivity contribution is 6.32. The SMILES string of the molecule is O=Cc1c(Cl)ncnc1N1CCC2(CCCC2)CC1. The lowest BCUT2D eigenvalue weighted by atomic mass is 9.77. The van der Waals surface area contributed by atoms with E-state index in [0.29, 0.717) is 16.8 Å². The summed E-state index contributed by atoms with van der Waals surface area (Å²) in [5, 5.41) is 0.251. The van der Waals surface area contributed by atoms with Crippen molar-refractivity contribution in [2.24, 2.45) is 5.41 Å². The normalized spacial score (nSPS) is 21.8. The van der Waals surface area contributed by atoms with Crippen LogP contribution in [0, 0.1) is 5.41 Å². The summed E-state index contributed by atoms with van der Waals surface area (Å²) < 4.78 is 0. The monoisotopic (exact) mass is 279 g/mol. The molecule has 0 radical (unpaired) electrons. The summed E-state index contributed by atoms with van der Waals surface area (Å²) >= 11 is 5.96. The molecule has 1 aromatic rings. The smallest absolute Gasteiger partial charge is 0.156 e. The van der Waals surface area contributed by atoms with E-state index < -0.39 is 0 Å². The van der Waals surface area contributed by atoms with Crippen LogP contribution >= 0.6 is 11.6 Å². The molecule has 0 amide bonds. The highest BCUT2D eigenvalue weighted by Gasteiger charge is 2.37. The van der Waals surface area contributed by atoms with Gasteiger partial charge in [-0.3, -0.25) is 4.79 Å². The van der Waals surface area contributed by atoms with Crippen LogP contribution in [-0.4, -0.2) is 29.3 Å². The lowest BCUT2D eigenvalue weighted by Gasteiger charge is -2.40. The fourth-order valence-corrected chi connectivity index (χ4v) is 3.71. The van der Waals surface area contributed by atoms with Crippen LogP contribution < -0.4 is 4.90 Å². The minimum Gasteiger partial charge on any atom is -0.356 e. The predicted molar refractivity (Wildman–Crippen MR) is 74.8 cm³/mol. The highest BCUT2D eigenvalue weighted by atomic mass is 35.5. The number of aldehydes is 1. The zero-order valence-electron chi connectivity index (χ0n) is 10.9. The van der Waals surface area contributed by atoms with E-state index >= 15 is 0 Å². The fraction of sp³-hybridized carbons (Fsp3) is 0.643. The zero-order chi connectivity index (χ0) is 13.3. The van der Waals surface area contributed by atoms with E-state index in [-0.39, 0.29) is 5.15 Å². The number of halogens is 1. The van der Waals surface area contributed by atoms with Crippen LogP contribution in [0.3, 0.4) is 0 Å². The summed E-state index contributed by atoms with van der Waals surface area (Å²) in [5.74, 6) is 0.697. The van der Waals surface area contributed by atoms with Gasteiger partial charge in [-0.25, -0.2) is 9.97 Å². The molecule has 0 N–H and O–H groups in total. The van der Waals surface area contributed by atoms with Gasteiger partial charge in [-0.1, -0.05) is 24.4 Å². The van der Waals surface area contributed by atoms with Crippen molar-refractivity contribution in [3.05, 3.63) is 17.0 Å². The summed E-state index contributed by atoms with van der Waals surface area (Å²) in [5.41, 5.74) is 0.987. The Morgan fingerprint density at radius 3 is 2.47 bits per heavy atom. The van der Waals surface area contributed by atoms with Gasteiger partial charge in [0.25, 0.3) is 0 Å². The third-order valence-corrected chi connectivity index (χ3v) is 5.02. The molecule has 2 aliphatic rings. The van der Waals surface area contributed by atoms with Gasteiger partial charge >= 0.3 is 0 Å². The van der Waals surface area contributed by atoms with Crippen molar-refractivity contribution in [3.8, 4) is 0 Å². The molecule has 4 nitrogen and oxygen atoms in total. The number of piperidine rings is 1. The van der Waals surface area contributed by atoms with Crippen molar-refractivity contribution in [2.45, 2.75) is 38.5 Å².